The van der Waals surface area contributed by atoms with Crippen LogP contribution in [0.25, 0.3) is 21.5 Å². The second kappa shape index (κ2) is 5.41. The van der Waals surface area contributed by atoms with Crippen LogP contribution in [0.2, 0.25) is 0 Å². The number of nitrogens with two attached hydrogens (primary N) is 2. The summed E-state index contributed by atoms with van der Waals surface area (Å²) in [4.78, 5) is 0. The predicted octanol–water partition coefficient (Wildman–Crippen LogP) is 4.47. The van der Waals surface area contributed by atoms with Gasteiger partial charge in [-0.15, -0.1) is 0 Å². The molecule has 0 aromatic heterocycles. The molecule has 138 valence electrons. The largest absolute Gasteiger partial charge is 0.430 e. The fraction of sp³-hybridized carbons (Fsp3) is 0.176. The number of alkyl halides is 6. The Bertz CT molecular complexity index is 996. The van der Waals surface area contributed by atoms with E-state index < -0.39 is 28.9 Å². The van der Waals surface area contributed by atoms with Gasteiger partial charge in [-0.2, -0.15) is 26.3 Å². The minimum atomic E-state index is -6.02. The van der Waals surface area contributed by atoms with Gasteiger partial charge in [-0.05, 0) is 34.4 Å². The first-order valence-corrected chi connectivity index (χ1v) is 7.24. The van der Waals surface area contributed by atoms with Gasteiger partial charge in [0, 0.05) is 22.3 Å². The van der Waals surface area contributed by atoms with Gasteiger partial charge in [0.25, 0.3) is 5.60 Å². The quantitative estimate of drug-likeness (QED) is 0.334. The highest BCUT2D eigenvalue weighted by molar-refractivity contribution is 6.14. The van der Waals surface area contributed by atoms with Gasteiger partial charge in [0.2, 0.25) is 0 Å². The first kappa shape index (κ1) is 18.1. The van der Waals surface area contributed by atoms with E-state index in [1.807, 2.05) is 0 Å². The summed E-state index contributed by atoms with van der Waals surface area (Å²) in [6.07, 6.45) is -12.0. The molecule has 0 atom stereocenters. The molecule has 3 aromatic carbocycles. The SMILES string of the molecule is Nc1cc(C(O)(C(F)(F)F)C(F)(F)F)c2cc(N)c3ccccc3c2c1. The van der Waals surface area contributed by atoms with Gasteiger partial charge >= 0.3 is 12.4 Å². The van der Waals surface area contributed by atoms with E-state index in [4.69, 9.17) is 11.5 Å². The number of nitrogen functional groups attached to an aromatic ring is 2. The third-order valence-electron chi connectivity index (χ3n) is 4.24. The fourth-order valence-electron chi connectivity index (χ4n) is 3.02. The van der Waals surface area contributed by atoms with Crippen molar-refractivity contribution in [3.63, 3.8) is 0 Å². The third-order valence-corrected chi connectivity index (χ3v) is 4.24. The summed E-state index contributed by atoms with van der Waals surface area (Å²) in [5.41, 5.74) is 4.49. The van der Waals surface area contributed by atoms with Crippen LogP contribution < -0.4 is 11.5 Å². The Kier molecular flexibility index (Phi) is 3.77. The number of rotatable bonds is 1. The Hall–Kier alpha value is -2.68. The van der Waals surface area contributed by atoms with Crippen LogP contribution in [0.1, 0.15) is 5.56 Å². The third kappa shape index (κ3) is 2.42. The monoisotopic (exact) mass is 374 g/mol. The summed E-state index contributed by atoms with van der Waals surface area (Å²) < 4.78 is 79.9. The zero-order chi connectivity index (χ0) is 19.5. The molecule has 0 aliphatic rings. The topological polar surface area (TPSA) is 72.3 Å². The van der Waals surface area contributed by atoms with Crippen molar-refractivity contribution in [3.05, 3.63) is 48.0 Å². The van der Waals surface area contributed by atoms with Gasteiger partial charge in [0.1, 0.15) is 0 Å². The molecule has 3 nitrogen and oxygen atoms in total. The summed E-state index contributed by atoms with van der Waals surface area (Å²) in [7, 11) is 0. The van der Waals surface area contributed by atoms with Crippen molar-refractivity contribution in [3.8, 4) is 0 Å². The van der Waals surface area contributed by atoms with Crippen molar-refractivity contribution < 1.29 is 31.4 Å². The number of hydrogen-bond acceptors (Lipinski definition) is 3. The van der Waals surface area contributed by atoms with Gasteiger partial charge < -0.3 is 16.6 Å². The average molecular weight is 374 g/mol. The van der Waals surface area contributed by atoms with Crippen molar-refractivity contribution in [1.29, 1.82) is 0 Å². The van der Waals surface area contributed by atoms with E-state index in [2.05, 4.69) is 0 Å². The van der Waals surface area contributed by atoms with E-state index in [1.165, 1.54) is 12.1 Å². The lowest BCUT2D eigenvalue weighted by Gasteiger charge is -2.33. The van der Waals surface area contributed by atoms with Crippen LogP contribution in [0.15, 0.2) is 42.5 Å². The standard InChI is InChI=1S/C17H12F6N2O/c18-16(19,20)15(26,17(21,22)23)13-6-8(24)5-11-9-3-1-2-4-10(9)14(25)7-12(11)13/h1-7,26H,24-25H2. The lowest BCUT2D eigenvalue weighted by molar-refractivity contribution is -0.375. The number of halogens is 6. The average Bonchev–Trinajstić information content (AvgIpc) is 2.52. The van der Waals surface area contributed by atoms with E-state index in [0.29, 0.717) is 16.8 Å². The fourth-order valence-corrected chi connectivity index (χ4v) is 3.02. The molecule has 0 heterocycles. The molecule has 0 saturated carbocycles. The van der Waals surface area contributed by atoms with Crippen molar-refractivity contribution in [1.82, 2.24) is 0 Å². The van der Waals surface area contributed by atoms with Crippen LogP contribution in [0.5, 0.6) is 0 Å². The minimum absolute atomic E-state index is 0.0224. The van der Waals surface area contributed by atoms with Crippen LogP contribution in [-0.4, -0.2) is 17.5 Å². The van der Waals surface area contributed by atoms with Crippen LogP contribution in [0.3, 0.4) is 0 Å². The highest BCUT2D eigenvalue weighted by Crippen LogP contribution is 2.52. The number of hydrogen-bond donors (Lipinski definition) is 3. The van der Waals surface area contributed by atoms with Crippen molar-refractivity contribution in [2.24, 2.45) is 0 Å². The van der Waals surface area contributed by atoms with Crippen molar-refractivity contribution in [2.45, 2.75) is 18.0 Å². The molecule has 0 radical (unpaired) electrons. The maximum atomic E-state index is 13.3. The van der Waals surface area contributed by atoms with Crippen LogP contribution >= 0.6 is 0 Å². The summed E-state index contributed by atoms with van der Waals surface area (Å²) in [5, 5.41) is 10.1. The second-order valence-corrected chi connectivity index (χ2v) is 5.88. The van der Waals surface area contributed by atoms with Gasteiger partial charge in [-0.25, -0.2) is 0 Å². The number of benzene rings is 3. The Morgan fingerprint density at radius 3 is 1.77 bits per heavy atom. The second-order valence-electron chi connectivity index (χ2n) is 5.88. The molecule has 0 bridgehead atoms. The molecule has 0 spiro atoms. The molecule has 0 fully saturated rings. The molecule has 0 unspecified atom stereocenters. The first-order valence-electron chi connectivity index (χ1n) is 7.24. The Morgan fingerprint density at radius 1 is 0.692 bits per heavy atom. The lowest BCUT2D eigenvalue weighted by atomic mass is 9.86. The zero-order valence-electron chi connectivity index (χ0n) is 12.9. The van der Waals surface area contributed by atoms with Crippen LogP contribution in [-0.2, 0) is 5.60 Å². The van der Waals surface area contributed by atoms with Gasteiger partial charge in [-0.3, -0.25) is 0 Å². The molecule has 3 aromatic rings. The first-order chi connectivity index (χ1) is 11.9. The van der Waals surface area contributed by atoms with Gasteiger partial charge in [0.15, 0.2) is 0 Å². The highest BCUT2D eigenvalue weighted by atomic mass is 19.4. The van der Waals surface area contributed by atoms with E-state index in [0.717, 1.165) is 6.07 Å². The highest BCUT2D eigenvalue weighted by Gasteiger charge is 2.71. The molecule has 26 heavy (non-hydrogen) atoms. The van der Waals surface area contributed by atoms with E-state index in [9.17, 15) is 31.4 Å². The summed E-state index contributed by atoms with van der Waals surface area (Å²) in [6.45, 7) is 0. The number of aliphatic hydroxyl groups is 1. The number of anilines is 2. The van der Waals surface area contributed by atoms with E-state index in [-0.39, 0.29) is 16.8 Å². The van der Waals surface area contributed by atoms with E-state index in [1.54, 1.807) is 18.2 Å². The predicted molar refractivity (Wildman–Crippen MR) is 86.3 cm³/mol. The van der Waals surface area contributed by atoms with Crippen LogP contribution in [0.4, 0.5) is 37.7 Å². The smallest absolute Gasteiger partial charge is 0.399 e. The Labute approximate surface area is 142 Å². The summed E-state index contributed by atoms with van der Waals surface area (Å²) >= 11 is 0. The molecule has 0 amide bonds. The molecule has 9 heteroatoms. The molecular weight excluding hydrogens is 362 g/mol. The van der Waals surface area contributed by atoms with Crippen LogP contribution in [0, 0.1) is 0 Å². The minimum Gasteiger partial charge on any atom is -0.399 e. The molecule has 0 saturated heterocycles. The summed E-state index contributed by atoms with van der Waals surface area (Å²) in [6, 6.07) is 8.95. The molecule has 5 N–H and O–H groups in total. The van der Waals surface area contributed by atoms with E-state index >= 15 is 0 Å². The molecule has 3 rings (SSSR count). The lowest BCUT2D eigenvalue weighted by Crippen LogP contribution is -2.54. The normalized spacial score (nSPS) is 13.5. The van der Waals surface area contributed by atoms with Gasteiger partial charge in [-0.1, -0.05) is 24.3 Å². The zero-order valence-corrected chi connectivity index (χ0v) is 12.9. The maximum absolute atomic E-state index is 13.3. The number of fused-ring (bicyclic) bond motifs is 3. The molecular formula is C17H12F6N2O. The molecule has 0 aliphatic carbocycles. The maximum Gasteiger partial charge on any atom is 0.430 e. The van der Waals surface area contributed by atoms with Crippen molar-refractivity contribution >= 4 is 32.9 Å². The Morgan fingerprint density at radius 2 is 1.23 bits per heavy atom. The summed E-state index contributed by atoms with van der Waals surface area (Å²) in [5.74, 6) is 0. The molecule has 0 aliphatic heterocycles. The Balaban J connectivity index is 2.55. The van der Waals surface area contributed by atoms with Crippen molar-refractivity contribution in [2.75, 3.05) is 11.5 Å². The van der Waals surface area contributed by atoms with Gasteiger partial charge in [0.05, 0.1) is 0 Å².